The third-order valence-electron chi connectivity index (χ3n) is 3.27. The molecule has 4 heteroatoms. The average Bonchev–Trinajstić information content (AvgIpc) is 2.72. The van der Waals surface area contributed by atoms with Crippen LogP contribution in [0.2, 0.25) is 0 Å². The molecule has 1 atom stereocenters. The molecule has 19 heavy (non-hydrogen) atoms. The number of unbranched alkanes of at least 4 members (excludes halogenated alkanes) is 1. The second kappa shape index (κ2) is 6.67. The van der Waals surface area contributed by atoms with Crippen LogP contribution in [0.5, 0.6) is 0 Å². The van der Waals surface area contributed by atoms with Crippen molar-refractivity contribution < 1.29 is 0 Å². The van der Waals surface area contributed by atoms with Gasteiger partial charge in [0.05, 0.1) is 16.4 Å². The number of rotatable bonds is 6. The van der Waals surface area contributed by atoms with Gasteiger partial charge in [0.15, 0.2) is 0 Å². The molecule has 0 aliphatic heterocycles. The first-order valence-corrected chi connectivity index (χ1v) is 8.56. The second-order valence-electron chi connectivity index (χ2n) is 4.93. The quantitative estimate of drug-likeness (QED) is 0.563. The lowest BCUT2D eigenvalue weighted by Crippen LogP contribution is -2.05. The van der Waals surface area contributed by atoms with E-state index in [0.29, 0.717) is 0 Å². The van der Waals surface area contributed by atoms with Gasteiger partial charge in [-0.25, -0.2) is 4.98 Å². The van der Waals surface area contributed by atoms with Crippen LogP contribution in [0.25, 0.3) is 11.0 Å². The van der Waals surface area contributed by atoms with Crippen molar-refractivity contribution in [2.75, 3.05) is 12.0 Å². The Labute approximate surface area is 124 Å². The van der Waals surface area contributed by atoms with E-state index in [4.69, 9.17) is 16.6 Å². The highest BCUT2D eigenvalue weighted by atomic mass is 35.5. The topological polar surface area (TPSA) is 17.8 Å². The van der Waals surface area contributed by atoms with E-state index in [0.717, 1.165) is 17.9 Å². The highest BCUT2D eigenvalue weighted by Gasteiger charge is 2.14. The smallest absolute Gasteiger partial charge is 0.127 e. The van der Waals surface area contributed by atoms with E-state index in [9.17, 15) is 0 Å². The van der Waals surface area contributed by atoms with Crippen molar-refractivity contribution in [2.24, 2.45) is 0 Å². The van der Waals surface area contributed by atoms with Crippen LogP contribution in [-0.2, 0) is 6.54 Å². The zero-order chi connectivity index (χ0) is 13.8. The minimum atomic E-state index is -0.0479. The van der Waals surface area contributed by atoms with E-state index >= 15 is 0 Å². The van der Waals surface area contributed by atoms with E-state index in [1.165, 1.54) is 29.7 Å². The Morgan fingerprint density at radius 1 is 1.37 bits per heavy atom. The molecule has 0 aliphatic carbocycles. The molecular weight excluding hydrogens is 276 g/mol. The normalized spacial score (nSPS) is 13.1. The molecule has 0 N–H and O–H groups in total. The Balaban J connectivity index is 2.30. The fraction of sp³-hybridized carbons (Fsp3) is 0.533. The fourth-order valence-electron chi connectivity index (χ4n) is 2.31. The Kier molecular flexibility index (Phi) is 5.17. The first kappa shape index (κ1) is 14.7. The molecule has 1 aromatic heterocycles. The van der Waals surface area contributed by atoms with Crippen LogP contribution in [0.3, 0.4) is 0 Å². The molecule has 2 aromatic rings. The van der Waals surface area contributed by atoms with Crippen molar-refractivity contribution in [3.8, 4) is 0 Å². The van der Waals surface area contributed by atoms with Gasteiger partial charge in [-0.05, 0) is 56.4 Å². The molecular formula is C15H21ClN2S. The third kappa shape index (κ3) is 3.46. The minimum absolute atomic E-state index is 0.0479. The van der Waals surface area contributed by atoms with Crippen molar-refractivity contribution in [1.29, 1.82) is 0 Å². The summed E-state index contributed by atoms with van der Waals surface area (Å²) in [4.78, 5) is 4.70. The van der Waals surface area contributed by atoms with Crippen molar-refractivity contribution in [3.63, 3.8) is 0 Å². The van der Waals surface area contributed by atoms with Gasteiger partial charge >= 0.3 is 0 Å². The number of imidazole rings is 1. The summed E-state index contributed by atoms with van der Waals surface area (Å²) in [5, 5.41) is -0.0479. The highest BCUT2D eigenvalue weighted by molar-refractivity contribution is 7.98. The summed E-state index contributed by atoms with van der Waals surface area (Å²) < 4.78 is 2.28. The molecule has 104 valence electrons. The molecule has 0 amide bonds. The zero-order valence-electron chi connectivity index (χ0n) is 11.8. The molecule has 0 fully saturated rings. The molecule has 0 bridgehead atoms. The number of benzene rings is 1. The van der Waals surface area contributed by atoms with Gasteiger partial charge in [-0.15, -0.1) is 11.6 Å². The van der Waals surface area contributed by atoms with Crippen molar-refractivity contribution in [3.05, 3.63) is 29.6 Å². The van der Waals surface area contributed by atoms with E-state index in [-0.39, 0.29) is 5.38 Å². The number of fused-ring (bicyclic) bond motifs is 1. The van der Waals surface area contributed by atoms with Crippen LogP contribution in [0.1, 0.15) is 36.5 Å². The Morgan fingerprint density at radius 2 is 2.16 bits per heavy atom. The first-order valence-electron chi connectivity index (χ1n) is 6.73. The summed E-state index contributed by atoms with van der Waals surface area (Å²) in [5.41, 5.74) is 3.51. The second-order valence-corrected chi connectivity index (χ2v) is 6.57. The third-order valence-corrected chi connectivity index (χ3v) is 4.16. The van der Waals surface area contributed by atoms with Gasteiger partial charge < -0.3 is 4.57 Å². The Bertz CT molecular complexity index is 548. The lowest BCUT2D eigenvalue weighted by atomic mass is 10.2. The minimum Gasteiger partial charge on any atom is -0.327 e. The van der Waals surface area contributed by atoms with Gasteiger partial charge in [0, 0.05) is 6.54 Å². The molecule has 1 heterocycles. The molecule has 0 radical (unpaired) electrons. The van der Waals surface area contributed by atoms with Crippen molar-refractivity contribution in [2.45, 2.75) is 38.6 Å². The van der Waals surface area contributed by atoms with E-state index in [1.807, 2.05) is 18.7 Å². The summed E-state index contributed by atoms with van der Waals surface area (Å²) in [6, 6.07) is 6.44. The zero-order valence-corrected chi connectivity index (χ0v) is 13.4. The molecule has 1 unspecified atom stereocenters. The number of hydrogen-bond donors (Lipinski definition) is 0. The van der Waals surface area contributed by atoms with Gasteiger partial charge in [0.25, 0.3) is 0 Å². The Morgan fingerprint density at radius 3 is 2.84 bits per heavy atom. The van der Waals surface area contributed by atoms with Crippen molar-refractivity contribution >= 4 is 34.4 Å². The van der Waals surface area contributed by atoms with Gasteiger partial charge in [-0.2, -0.15) is 11.8 Å². The molecule has 2 rings (SSSR count). The van der Waals surface area contributed by atoms with E-state index in [2.05, 4.69) is 35.9 Å². The summed E-state index contributed by atoms with van der Waals surface area (Å²) in [5.74, 6) is 2.21. The molecule has 0 saturated carbocycles. The maximum Gasteiger partial charge on any atom is 0.127 e. The van der Waals surface area contributed by atoms with Crippen LogP contribution in [-0.4, -0.2) is 21.6 Å². The van der Waals surface area contributed by atoms with Crippen LogP contribution in [0, 0.1) is 6.92 Å². The Hall–Kier alpha value is -0.670. The SMILES string of the molecule is CSCCCCn1c(C(C)Cl)nc2cc(C)ccc21. The first-order chi connectivity index (χ1) is 9.13. The molecule has 0 spiro atoms. The van der Waals surface area contributed by atoms with Crippen LogP contribution >= 0.6 is 23.4 Å². The van der Waals surface area contributed by atoms with E-state index < -0.39 is 0 Å². The van der Waals surface area contributed by atoms with E-state index in [1.54, 1.807) is 0 Å². The monoisotopic (exact) mass is 296 g/mol. The summed E-state index contributed by atoms with van der Waals surface area (Å²) in [6.07, 6.45) is 4.57. The number of aryl methyl sites for hydroxylation is 2. The number of halogens is 1. The van der Waals surface area contributed by atoms with Gasteiger partial charge in [0.1, 0.15) is 5.82 Å². The maximum atomic E-state index is 6.27. The van der Waals surface area contributed by atoms with Crippen LogP contribution in [0.15, 0.2) is 18.2 Å². The summed E-state index contributed by atoms with van der Waals surface area (Å²) in [7, 11) is 0. The predicted molar refractivity (Wildman–Crippen MR) is 86.4 cm³/mol. The van der Waals surface area contributed by atoms with Crippen LogP contribution < -0.4 is 0 Å². The van der Waals surface area contributed by atoms with Gasteiger partial charge in [-0.1, -0.05) is 6.07 Å². The molecule has 2 nitrogen and oxygen atoms in total. The standard InChI is InChI=1S/C15H21ClN2S/c1-11-6-7-14-13(10-11)17-15(12(2)16)18(14)8-4-5-9-19-3/h6-7,10,12H,4-5,8-9H2,1-3H3. The summed E-state index contributed by atoms with van der Waals surface area (Å²) in [6.45, 7) is 5.10. The largest absolute Gasteiger partial charge is 0.327 e. The van der Waals surface area contributed by atoms with Crippen LogP contribution in [0.4, 0.5) is 0 Å². The molecule has 1 aromatic carbocycles. The maximum absolute atomic E-state index is 6.27. The van der Waals surface area contributed by atoms with Crippen molar-refractivity contribution in [1.82, 2.24) is 9.55 Å². The lowest BCUT2D eigenvalue weighted by molar-refractivity contribution is 0.619. The number of thioether (sulfide) groups is 1. The average molecular weight is 297 g/mol. The molecule has 0 saturated heterocycles. The summed E-state index contributed by atoms with van der Waals surface area (Å²) >= 11 is 8.18. The number of nitrogens with zero attached hydrogens (tertiary/aromatic N) is 2. The predicted octanol–water partition coefficient (Wildman–Crippen LogP) is 4.79. The number of aromatic nitrogens is 2. The highest BCUT2D eigenvalue weighted by Crippen LogP contribution is 2.25. The number of alkyl halides is 1. The number of hydrogen-bond acceptors (Lipinski definition) is 2. The fourth-order valence-corrected chi connectivity index (χ4v) is 2.97. The van der Waals surface area contributed by atoms with Gasteiger partial charge in [-0.3, -0.25) is 0 Å². The molecule has 0 aliphatic rings. The lowest BCUT2D eigenvalue weighted by Gasteiger charge is -2.10. The van der Waals surface area contributed by atoms with Gasteiger partial charge in [0.2, 0.25) is 0 Å².